The highest BCUT2D eigenvalue weighted by atomic mass is 19.1. The van der Waals surface area contributed by atoms with Crippen molar-refractivity contribution in [1.29, 1.82) is 0 Å². The molecule has 0 aliphatic carbocycles. The number of nitrogens with zero attached hydrogens (tertiary/aromatic N) is 1. The van der Waals surface area contributed by atoms with E-state index in [1.165, 1.54) is 12.1 Å². The van der Waals surface area contributed by atoms with Crippen LogP contribution < -0.4 is 10.6 Å². The Morgan fingerprint density at radius 1 is 1.42 bits per heavy atom. The molecule has 0 saturated heterocycles. The molecule has 1 amide bonds. The number of nitro groups is 1. The number of carbonyl (C=O) groups excluding carboxylic acids is 1. The third kappa shape index (κ3) is 4.53. The Kier molecular flexibility index (Phi) is 4.42. The first-order chi connectivity index (χ1) is 8.70. The summed E-state index contributed by atoms with van der Waals surface area (Å²) >= 11 is 0. The van der Waals surface area contributed by atoms with Gasteiger partial charge in [0.1, 0.15) is 5.69 Å². The highest BCUT2D eigenvalue weighted by Crippen LogP contribution is 2.26. The fourth-order valence-corrected chi connectivity index (χ4v) is 1.48. The SMILES string of the molecule is CC(C)(C)NC(=O)CNc1cccc(F)c1[N+](=O)[O-]. The molecule has 0 radical (unpaired) electrons. The Morgan fingerprint density at radius 2 is 2.05 bits per heavy atom. The zero-order chi connectivity index (χ0) is 14.6. The minimum absolute atomic E-state index is 0.0194. The van der Waals surface area contributed by atoms with Crippen molar-refractivity contribution in [1.82, 2.24) is 5.32 Å². The third-order valence-electron chi connectivity index (χ3n) is 2.12. The van der Waals surface area contributed by atoms with Crippen molar-refractivity contribution in [3.8, 4) is 0 Å². The lowest BCUT2D eigenvalue weighted by Crippen LogP contribution is -2.43. The van der Waals surface area contributed by atoms with Gasteiger partial charge in [-0.25, -0.2) is 0 Å². The second-order valence-corrected chi connectivity index (χ2v) is 5.04. The van der Waals surface area contributed by atoms with Crippen LogP contribution in [0, 0.1) is 15.9 Å². The molecule has 0 bridgehead atoms. The zero-order valence-corrected chi connectivity index (χ0v) is 11.0. The van der Waals surface area contributed by atoms with E-state index in [9.17, 15) is 19.3 Å². The lowest BCUT2D eigenvalue weighted by molar-refractivity contribution is -0.386. The van der Waals surface area contributed by atoms with Crippen molar-refractivity contribution < 1.29 is 14.1 Å². The van der Waals surface area contributed by atoms with Crippen LogP contribution in [0.5, 0.6) is 0 Å². The van der Waals surface area contributed by atoms with Crippen molar-refractivity contribution in [2.24, 2.45) is 0 Å². The molecule has 0 fully saturated rings. The Bertz CT molecular complexity index is 497. The molecule has 2 N–H and O–H groups in total. The van der Waals surface area contributed by atoms with Gasteiger partial charge >= 0.3 is 5.69 Å². The average Bonchev–Trinajstić information content (AvgIpc) is 2.23. The third-order valence-corrected chi connectivity index (χ3v) is 2.12. The summed E-state index contributed by atoms with van der Waals surface area (Å²) in [6.45, 7) is 5.28. The van der Waals surface area contributed by atoms with Crippen LogP contribution in [0.4, 0.5) is 15.8 Å². The number of nitrogens with one attached hydrogen (secondary N) is 2. The summed E-state index contributed by atoms with van der Waals surface area (Å²) in [6.07, 6.45) is 0. The largest absolute Gasteiger partial charge is 0.370 e. The van der Waals surface area contributed by atoms with Gasteiger partial charge in [0.2, 0.25) is 11.7 Å². The van der Waals surface area contributed by atoms with Crippen molar-refractivity contribution in [2.45, 2.75) is 26.3 Å². The summed E-state index contributed by atoms with van der Waals surface area (Å²) in [5.74, 6) is -1.27. The van der Waals surface area contributed by atoms with Gasteiger partial charge in [0, 0.05) is 5.54 Å². The van der Waals surface area contributed by atoms with E-state index in [0.717, 1.165) is 6.07 Å². The maximum atomic E-state index is 13.3. The van der Waals surface area contributed by atoms with Crippen LogP contribution >= 0.6 is 0 Å². The Labute approximate surface area is 110 Å². The van der Waals surface area contributed by atoms with Gasteiger partial charge in [-0.2, -0.15) is 4.39 Å². The summed E-state index contributed by atoms with van der Waals surface area (Å²) < 4.78 is 13.3. The van der Waals surface area contributed by atoms with Crippen molar-refractivity contribution in [3.05, 3.63) is 34.1 Å². The lowest BCUT2D eigenvalue weighted by Gasteiger charge is -2.20. The first-order valence-corrected chi connectivity index (χ1v) is 5.68. The molecule has 1 aromatic carbocycles. The van der Waals surface area contributed by atoms with E-state index in [-0.39, 0.29) is 18.1 Å². The summed E-state index contributed by atoms with van der Waals surface area (Å²) in [5, 5.41) is 16.0. The minimum atomic E-state index is -0.939. The van der Waals surface area contributed by atoms with Gasteiger partial charge in [-0.3, -0.25) is 14.9 Å². The van der Waals surface area contributed by atoms with Gasteiger partial charge in [-0.15, -0.1) is 0 Å². The van der Waals surface area contributed by atoms with Crippen LogP contribution in [-0.2, 0) is 4.79 Å². The molecule has 0 spiro atoms. The molecule has 6 nitrogen and oxygen atoms in total. The molecule has 0 heterocycles. The number of amides is 1. The molecule has 0 unspecified atom stereocenters. The topological polar surface area (TPSA) is 84.3 Å². The molecular weight excluding hydrogens is 253 g/mol. The maximum Gasteiger partial charge on any atom is 0.327 e. The predicted octanol–water partition coefficient (Wildman–Crippen LogP) is 2.06. The Balaban J connectivity index is 2.76. The molecule has 7 heteroatoms. The van der Waals surface area contributed by atoms with E-state index in [1.807, 2.05) is 20.8 Å². The van der Waals surface area contributed by atoms with Crippen molar-refractivity contribution in [3.63, 3.8) is 0 Å². The summed E-state index contributed by atoms with van der Waals surface area (Å²) in [5.41, 5.74) is -1.08. The number of anilines is 1. The number of carbonyl (C=O) groups is 1. The van der Waals surface area contributed by atoms with Crippen LogP contribution in [0.3, 0.4) is 0 Å². The van der Waals surface area contributed by atoms with Crippen LogP contribution in [0.25, 0.3) is 0 Å². The number of nitro benzene ring substituents is 1. The number of hydrogen-bond donors (Lipinski definition) is 2. The quantitative estimate of drug-likeness (QED) is 0.647. The number of hydrogen-bond acceptors (Lipinski definition) is 4. The summed E-state index contributed by atoms with van der Waals surface area (Å²) in [6, 6.07) is 3.69. The standard InChI is InChI=1S/C12H16FN3O3/c1-12(2,3)15-10(17)7-14-9-6-4-5-8(13)11(9)16(18)19/h4-6,14H,7H2,1-3H3,(H,15,17). The van der Waals surface area contributed by atoms with Gasteiger partial charge < -0.3 is 10.6 Å². The molecule has 1 rings (SSSR count). The van der Waals surface area contributed by atoms with E-state index in [4.69, 9.17) is 0 Å². The van der Waals surface area contributed by atoms with Crippen LogP contribution in [0.1, 0.15) is 20.8 Å². The first-order valence-electron chi connectivity index (χ1n) is 5.68. The number of rotatable bonds is 4. The summed E-state index contributed by atoms with van der Waals surface area (Å²) in [4.78, 5) is 21.5. The van der Waals surface area contributed by atoms with E-state index >= 15 is 0 Å². The van der Waals surface area contributed by atoms with Crippen LogP contribution in [-0.4, -0.2) is 22.9 Å². The number of benzene rings is 1. The molecule has 0 aliphatic rings. The maximum absolute atomic E-state index is 13.3. The molecular formula is C12H16FN3O3. The van der Waals surface area contributed by atoms with Crippen molar-refractivity contribution >= 4 is 17.3 Å². The molecule has 0 aromatic heterocycles. The molecule has 19 heavy (non-hydrogen) atoms. The highest BCUT2D eigenvalue weighted by molar-refractivity contribution is 5.82. The fourth-order valence-electron chi connectivity index (χ4n) is 1.48. The van der Waals surface area contributed by atoms with Crippen molar-refractivity contribution in [2.75, 3.05) is 11.9 Å². The van der Waals surface area contributed by atoms with E-state index in [0.29, 0.717) is 0 Å². The number of halogens is 1. The van der Waals surface area contributed by atoms with Crippen LogP contribution in [0.2, 0.25) is 0 Å². The minimum Gasteiger partial charge on any atom is -0.370 e. The van der Waals surface area contributed by atoms with Gasteiger partial charge in [0.25, 0.3) is 0 Å². The first kappa shape index (κ1) is 14.9. The molecule has 0 saturated carbocycles. The number of para-hydroxylation sites is 1. The second kappa shape index (κ2) is 5.64. The fraction of sp³-hybridized carbons (Fsp3) is 0.417. The molecule has 0 aliphatic heterocycles. The normalized spacial score (nSPS) is 10.9. The lowest BCUT2D eigenvalue weighted by atomic mass is 10.1. The van der Waals surface area contributed by atoms with Crippen LogP contribution in [0.15, 0.2) is 18.2 Å². The molecule has 104 valence electrons. The van der Waals surface area contributed by atoms with Gasteiger partial charge in [-0.05, 0) is 32.9 Å². The monoisotopic (exact) mass is 269 g/mol. The smallest absolute Gasteiger partial charge is 0.327 e. The Morgan fingerprint density at radius 3 is 2.58 bits per heavy atom. The Hall–Kier alpha value is -2.18. The van der Waals surface area contributed by atoms with Gasteiger partial charge in [0.15, 0.2) is 0 Å². The summed E-state index contributed by atoms with van der Waals surface area (Å²) in [7, 11) is 0. The molecule has 1 aromatic rings. The predicted molar refractivity (Wildman–Crippen MR) is 69.4 cm³/mol. The van der Waals surface area contributed by atoms with E-state index < -0.39 is 22.0 Å². The van der Waals surface area contributed by atoms with Gasteiger partial charge in [-0.1, -0.05) is 6.07 Å². The second-order valence-electron chi connectivity index (χ2n) is 5.04. The van der Waals surface area contributed by atoms with E-state index in [2.05, 4.69) is 10.6 Å². The van der Waals surface area contributed by atoms with E-state index in [1.54, 1.807) is 0 Å². The molecule has 0 atom stereocenters. The zero-order valence-electron chi connectivity index (χ0n) is 11.0. The average molecular weight is 269 g/mol. The highest BCUT2D eigenvalue weighted by Gasteiger charge is 2.20. The van der Waals surface area contributed by atoms with Gasteiger partial charge in [0.05, 0.1) is 11.5 Å².